The van der Waals surface area contributed by atoms with Crippen LogP contribution in [0.5, 0.6) is 0 Å². The number of fused-ring (bicyclic) bond motifs is 5. The van der Waals surface area contributed by atoms with Gasteiger partial charge < -0.3 is 33.9 Å². The minimum atomic E-state index is -0.788. The fourth-order valence-corrected chi connectivity index (χ4v) is 6.82. The van der Waals surface area contributed by atoms with Gasteiger partial charge in [-0.15, -0.1) is 0 Å². The smallest absolute Gasteiger partial charge is 0.417 e. The Hall–Kier alpha value is -5.17. The van der Waals surface area contributed by atoms with E-state index in [1.54, 1.807) is 38.1 Å². The van der Waals surface area contributed by atoms with Crippen molar-refractivity contribution < 1.29 is 28.6 Å². The summed E-state index contributed by atoms with van der Waals surface area (Å²) in [6.45, 7) is 13.5. The van der Waals surface area contributed by atoms with Crippen molar-refractivity contribution >= 4 is 46.2 Å². The molecule has 3 aliphatic rings. The fraction of sp³-hybridized carbons (Fsp3) is 0.432. The van der Waals surface area contributed by atoms with Gasteiger partial charge >= 0.3 is 12.2 Å². The summed E-state index contributed by atoms with van der Waals surface area (Å²) in [6, 6.07) is 9.81. The van der Waals surface area contributed by atoms with Crippen molar-refractivity contribution in [3.05, 3.63) is 65.6 Å². The maximum Gasteiger partial charge on any atom is 0.417 e. The zero-order valence-electron chi connectivity index (χ0n) is 29.6. The first-order chi connectivity index (χ1) is 23.7. The number of benzene rings is 1. The monoisotopic (exact) mass is 681 g/mol. The molecule has 3 aliphatic heterocycles. The molecule has 262 valence electrons. The van der Waals surface area contributed by atoms with Crippen LogP contribution in [0.15, 0.2) is 48.9 Å². The van der Waals surface area contributed by atoms with E-state index in [1.807, 2.05) is 68.9 Å². The Labute approximate surface area is 291 Å². The second kappa shape index (κ2) is 12.3. The molecular weight excluding hydrogens is 638 g/mol. The maximum atomic E-state index is 14.1. The molecule has 0 spiro atoms. The molecule has 0 radical (unpaired) electrons. The van der Waals surface area contributed by atoms with Crippen LogP contribution in [0.2, 0.25) is 0 Å². The number of morpholine rings is 1. The van der Waals surface area contributed by atoms with Gasteiger partial charge in [-0.25, -0.2) is 19.5 Å². The van der Waals surface area contributed by atoms with Crippen molar-refractivity contribution in [2.75, 3.05) is 36.5 Å². The molecule has 1 N–H and O–H groups in total. The molecule has 6 heterocycles. The predicted molar refractivity (Wildman–Crippen MR) is 188 cm³/mol. The van der Waals surface area contributed by atoms with Crippen molar-refractivity contribution in [2.45, 2.75) is 71.9 Å². The molecule has 1 aromatic carbocycles. The van der Waals surface area contributed by atoms with E-state index >= 15 is 0 Å². The molecule has 0 unspecified atom stereocenters. The fourth-order valence-electron chi connectivity index (χ4n) is 6.82. The number of hydrogen-bond acceptors (Lipinski definition) is 10. The molecule has 0 bridgehead atoms. The molecule has 1 saturated heterocycles. The van der Waals surface area contributed by atoms with Crippen molar-refractivity contribution in [2.24, 2.45) is 7.05 Å². The summed E-state index contributed by atoms with van der Waals surface area (Å²) >= 11 is 0. The number of imide groups is 1. The predicted octanol–water partition coefficient (Wildman–Crippen LogP) is 6.23. The van der Waals surface area contributed by atoms with Crippen molar-refractivity contribution in [1.29, 1.82) is 0 Å². The van der Waals surface area contributed by atoms with Crippen LogP contribution in [-0.4, -0.2) is 86.0 Å². The molecule has 3 aromatic heterocycles. The molecule has 13 heteroatoms. The molecule has 50 heavy (non-hydrogen) atoms. The van der Waals surface area contributed by atoms with Gasteiger partial charge in [-0.1, -0.05) is 0 Å². The van der Waals surface area contributed by atoms with Crippen LogP contribution in [0.3, 0.4) is 0 Å². The number of nitrogens with one attached hydrogen (secondary N) is 1. The van der Waals surface area contributed by atoms with Crippen molar-refractivity contribution in [3.63, 3.8) is 0 Å². The van der Waals surface area contributed by atoms with E-state index in [-0.39, 0.29) is 18.7 Å². The SMILES string of the molecule is Cn1ccc2c(-c3ncc(Nc4ccc5c(c4)CN(C(=O)OC(C)(C)C)C[C@@H]4COCCN54)c4c3CN(C(=O)OC(C)(C)C)C4=O)ccnc21. The van der Waals surface area contributed by atoms with Crippen LogP contribution >= 0.6 is 0 Å². The van der Waals surface area contributed by atoms with Gasteiger partial charge in [0.25, 0.3) is 5.91 Å². The number of anilines is 3. The topological polar surface area (TPSA) is 131 Å². The number of aromatic nitrogens is 3. The number of nitrogens with zero attached hydrogens (tertiary/aromatic N) is 6. The highest BCUT2D eigenvalue weighted by molar-refractivity contribution is 6.12. The third kappa shape index (κ3) is 6.33. The van der Waals surface area contributed by atoms with E-state index < -0.39 is 23.2 Å². The van der Waals surface area contributed by atoms with Crippen LogP contribution in [-0.2, 0) is 34.3 Å². The van der Waals surface area contributed by atoms with Crippen LogP contribution in [0, 0.1) is 0 Å². The third-order valence-corrected chi connectivity index (χ3v) is 8.93. The summed E-state index contributed by atoms with van der Waals surface area (Å²) in [4.78, 5) is 55.3. The lowest BCUT2D eigenvalue weighted by atomic mass is 10.00. The van der Waals surface area contributed by atoms with Gasteiger partial charge in [0.1, 0.15) is 16.8 Å². The Bertz CT molecular complexity index is 2010. The third-order valence-electron chi connectivity index (χ3n) is 8.93. The normalized spacial score (nSPS) is 17.6. The first-order valence-electron chi connectivity index (χ1n) is 16.9. The zero-order chi connectivity index (χ0) is 35.5. The maximum absolute atomic E-state index is 14.1. The highest BCUT2D eigenvalue weighted by atomic mass is 16.6. The Morgan fingerprint density at radius 3 is 2.50 bits per heavy atom. The number of pyridine rings is 2. The van der Waals surface area contributed by atoms with E-state index in [2.05, 4.69) is 15.2 Å². The van der Waals surface area contributed by atoms with Gasteiger partial charge in [-0.2, -0.15) is 0 Å². The van der Waals surface area contributed by atoms with Crippen LogP contribution in [0.25, 0.3) is 22.3 Å². The Morgan fingerprint density at radius 1 is 0.980 bits per heavy atom. The number of aryl methyl sites for hydroxylation is 1. The van der Waals surface area contributed by atoms with E-state index in [4.69, 9.17) is 19.2 Å². The molecular formula is C37H43N7O6. The lowest BCUT2D eigenvalue weighted by Gasteiger charge is -2.37. The lowest BCUT2D eigenvalue weighted by molar-refractivity contribution is 0.0175. The lowest BCUT2D eigenvalue weighted by Crippen LogP contribution is -2.51. The zero-order valence-corrected chi connectivity index (χ0v) is 29.6. The number of carbonyl (C=O) groups is 3. The van der Waals surface area contributed by atoms with Gasteiger partial charge in [0, 0.05) is 60.4 Å². The van der Waals surface area contributed by atoms with Crippen molar-refractivity contribution in [1.82, 2.24) is 24.3 Å². The Kier molecular flexibility index (Phi) is 8.20. The standard InChI is InChI=1S/C37H43N7O6/c1-36(2,3)49-34(46)42-18-22-16-23(8-9-29(22)43-14-15-48-21-24(43)19-42)40-28-17-39-31(25-10-12-38-32-26(25)11-13-41(32)7)27-20-44(33(45)30(27)28)35(47)50-37(4,5)6/h8-13,16-17,24,40H,14-15,18-21H2,1-7H3/t24-/m1/s1. The summed E-state index contributed by atoms with van der Waals surface area (Å²) in [5.41, 5.74) is 4.83. The summed E-state index contributed by atoms with van der Waals surface area (Å²) in [7, 11) is 1.92. The summed E-state index contributed by atoms with van der Waals surface area (Å²) < 4.78 is 19.1. The van der Waals surface area contributed by atoms with Gasteiger partial charge in [0.15, 0.2) is 0 Å². The first kappa shape index (κ1) is 33.3. The molecule has 13 nitrogen and oxygen atoms in total. The van der Waals surface area contributed by atoms with E-state index in [9.17, 15) is 14.4 Å². The minimum absolute atomic E-state index is 0.00500. The number of carbonyl (C=O) groups excluding carboxylic acids is 3. The molecule has 3 amide bonds. The molecule has 0 aliphatic carbocycles. The second-order valence-corrected chi connectivity index (χ2v) is 15.0. The quantitative estimate of drug-likeness (QED) is 0.266. The summed E-state index contributed by atoms with van der Waals surface area (Å²) in [6.07, 6.45) is 4.18. The number of hydrogen-bond donors (Lipinski definition) is 1. The molecule has 4 aromatic rings. The van der Waals surface area contributed by atoms with E-state index in [0.717, 1.165) is 32.7 Å². The van der Waals surface area contributed by atoms with E-state index in [0.29, 0.717) is 61.0 Å². The average molecular weight is 682 g/mol. The highest BCUT2D eigenvalue weighted by Crippen LogP contribution is 2.40. The molecule has 0 saturated carbocycles. The minimum Gasteiger partial charge on any atom is -0.444 e. The molecule has 7 rings (SSSR count). The number of rotatable bonds is 3. The second-order valence-electron chi connectivity index (χ2n) is 15.0. The van der Waals surface area contributed by atoms with Gasteiger partial charge in [-0.05, 0) is 77.4 Å². The van der Waals surface area contributed by atoms with Gasteiger partial charge in [-0.3, -0.25) is 9.78 Å². The Morgan fingerprint density at radius 2 is 1.74 bits per heavy atom. The highest BCUT2D eigenvalue weighted by Gasteiger charge is 2.40. The van der Waals surface area contributed by atoms with Crippen molar-refractivity contribution in [3.8, 4) is 11.3 Å². The van der Waals surface area contributed by atoms with Crippen LogP contribution < -0.4 is 10.2 Å². The largest absolute Gasteiger partial charge is 0.444 e. The first-order valence-corrected chi connectivity index (χ1v) is 16.9. The van der Waals surface area contributed by atoms with Crippen LogP contribution in [0.1, 0.15) is 63.0 Å². The number of amides is 3. The van der Waals surface area contributed by atoms with E-state index in [1.165, 1.54) is 0 Å². The van der Waals surface area contributed by atoms with Crippen LogP contribution in [0.4, 0.5) is 26.7 Å². The molecule has 1 atom stereocenters. The van der Waals surface area contributed by atoms with Gasteiger partial charge in [0.2, 0.25) is 0 Å². The Balaban J connectivity index is 1.28. The summed E-state index contributed by atoms with van der Waals surface area (Å²) in [5.74, 6) is -0.471. The molecule has 1 fully saturated rings. The number of ether oxygens (including phenoxy) is 3. The average Bonchev–Trinajstić information content (AvgIpc) is 3.54. The van der Waals surface area contributed by atoms with Gasteiger partial charge in [0.05, 0.1) is 55.5 Å². The summed E-state index contributed by atoms with van der Waals surface area (Å²) in [5, 5.41) is 4.32.